The standard InChI is InChI=1S/C35H39N5O3/c41-34(40-31(35(42)43)16-7-19-36-29-14-3-8-23-10-5-20-37-32(23)29)28-18-17-25(26-12-1-2-13-27(26)28)22-39-30-15-4-9-24-11-6-21-38-33(24)30/h1-2,5-6,10-13,17-18,20-21,29-31,36,39H,3-4,7-9,14-16,19,22H2,(H,40,41)(H,42,43)/t29?,30?,31-/m0/s1. The van der Waals surface area contributed by atoms with E-state index in [-0.39, 0.29) is 18.0 Å². The molecule has 6 rings (SSSR count). The van der Waals surface area contributed by atoms with Crippen LogP contribution < -0.4 is 16.0 Å². The zero-order valence-corrected chi connectivity index (χ0v) is 24.4. The van der Waals surface area contributed by atoms with E-state index in [4.69, 9.17) is 0 Å². The van der Waals surface area contributed by atoms with E-state index in [1.165, 1.54) is 11.1 Å². The zero-order valence-electron chi connectivity index (χ0n) is 24.4. The highest BCUT2D eigenvalue weighted by Crippen LogP contribution is 2.30. The van der Waals surface area contributed by atoms with E-state index in [0.29, 0.717) is 31.5 Å². The smallest absolute Gasteiger partial charge is 0.326 e. The first-order valence-corrected chi connectivity index (χ1v) is 15.5. The number of hydrogen-bond donors (Lipinski definition) is 4. The number of fused-ring (bicyclic) bond motifs is 3. The lowest BCUT2D eigenvalue weighted by atomic mass is 9.91. The second kappa shape index (κ2) is 13.4. The van der Waals surface area contributed by atoms with Gasteiger partial charge in [-0.25, -0.2) is 4.79 Å². The van der Waals surface area contributed by atoms with Crippen LogP contribution in [0.15, 0.2) is 73.1 Å². The number of aliphatic carboxylic acids is 1. The van der Waals surface area contributed by atoms with Crippen LogP contribution in [0.2, 0.25) is 0 Å². The third-order valence-electron chi connectivity index (χ3n) is 8.85. The molecule has 0 bridgehead atoms. The summed E-state index contributed by atoms with van der Waals surface area (Å²) in [5.74, 6) is -1.39. The van der Waals surface area contributed by atoms with Crippen LogP contribution in [0.3, 0.4) is 0 Å². The number of aryl methyl sites for hydroxylation is 2. The lowest BCUT2D eigenvalue weighted by molar-refractivity contribution is -0.139. The molecule has 2 unspecified atom stereocenters. The molecule has 222 valence electrons. The number of carboxylic acid groups (broad SMARTS) is 1. The summed E-state index contributed by atoms with van der Waals surface area (Å²) < 4.78 is 0. The number of nitrogens with zero attached hydrogens (tertiary/aromatic N) is 2. The molecule has 43 heavy (non-hydrogen) atoms. The Morgan fingerprint density at radius 2 is 1.47 bits per heavy atom. The molecular formula is C35H39N5O3. The fourth-order valence-electron chi connectivity index (χ4n) is 6.64. The SMILES string of the molecule is O=C(N[C@@H](CCCNC1CCCc2cccnc21)C(=O)O)c1ccc(CNC2CCCc3cccnc32)c2ccccc12. The number of hydrogen-bond acceptors (Lipinski definition) is 6. The second-order valence-electron chi connectivity index (χ2n) is 11.6. The van der Waals surface area contributed by atoms with E-state index >= 15 is 0 Å². The predicted octanol–water partition coefficient (Wildman–Crippen LogP) is 5.43. The maximum absolute atomic E-state index is 13.4. The Labute approximate surface area is 252 Å². The number of benzene rings is 2. The van der Waals surface area contributed by atoms with Gasteiger partial charge in [0.25, 0.3) is 5.91 Å². The Morgan fingerprint density at radius 1 is 0.814 bits per heavy atom. The number of carbonyl (C=O) groups is 2. The molecule has 0 fully saturated rings. The van der Waals surface area contributed by atoms with E-state index in [9.17, 15) is 14.7 Å². The summed E-state index contributed by atoms with van der Waals surface area (Å²) in [4.78, 5) is 34.7. The zero-order chi connectivity index (χ0) is 29.6. The quantitative estimate of drug-likeness (QED) is 0.176. The van der Waals surface area contributed by atoms with Gasteiger partial charge in [-0.2, -0.15) is 0 Å². The van der Waals surface area contributed by atoms with Crippen molar-refractivity contribution in [2.24, 2.45) is 0 Å². The topological polar surface area (TPSA) is 116 Å². The minimum absolute atomic E-state index is 0.186. The molecule has 2 aliphatic carbocycles. The molecule has 1 amide bonds. The van der Waals surface area contributed by atoms with Crippen LogP contribution in [0.4, 0.5) is 0 Å². The van der Waals surface area contributed by atoms with Crippen molar-refractivity contribution in [1.29, 1.82) is 0 Å². The number of nitrogens with one attached hydrogen (secondary N) is 3. The Kier molecular flexibility index (Phi) is 9.05. The normalized spacial score (nSPS) is 18.4. The molecule has 8 heteroatoms. The van der Waals surface area contributed by atoms with Gasteiger partial charge in [-0.15, -0.1) is 0 Å². The molecule has 8 nitrogen and oxygen atoms in total. The maximum atomic E-state index is 13.4. The fourth-order valence-corrected chi connectivity index (χ4v) is 6.64. The number of carboxylic acids is 1. The van der Waals surface area contributed by atoms with Crippen LogP contribution in [0.25, 0.3) is 10.8 Å². The summed E-state index contributed by atoms with van der Waals surface area (Å²) in [6.07, 6.45) is 11.1. The Bertz CT molecular complexity index is 1610. The minimum atomic E-state index is -1.02. The summed E-state index contributed by atoms with van der Waals surface area (Å²) in [5.41, 5.74) is 6.40. The van der Waals surface area contributed by atoms with Crippen LogP contribution in [0.5, 0.6) is 0 Å². The van der Waals surface area contributed by atoms with Crippen LogP contribution in [0, 0.1) is 0 Å². The number of amides is 1. The summed E-state index contributed by atoms with van der Waals surface area (Å²) in [7, 11) is 0. The molecule has 2 aromatic heterocycles. The lowest BCUT2D eigenvalue weighted by Gasteiger charge is -2.25. The first-order valence-electron chi connectivity index (χ1n) is 15.5. The van der Waals surface area contributed by atoms with Gasteiger partial charge in [0.05, 0.1) is 17.4 Å². The van der Waals surface area contributed by atoms with Gasteiger partial charge in [0.2, 0.25) is 0 Å². The van der Waals surface area contributed by atoms with Crippen molar-refractivity contribution in [1.82, 2.24) is 25.9 Å². The molecular weight excluding hydrogens is 538 g/mol. The predicted molar refractivity (Wildman–Crippen MR) is 167 cm³/mol. The van der Waals surface area contributed by atoms with Crippen molar-refractivity contribution >= 4 is 22.6 Å². The first-order chi connectivity index (χ1) is 21.1. The van der Waals surface area contributed by atoms with E-state index in [1.54, 1.807) is 0 Å². The summed E-state index contributed by atoms with van der Waals surface area (Å²) in [6.45, 7) is 1.31. The Morgan fingerprint density at radius 3 is 2.14 bits per heavy atom. The van der Waals surface area contributed by atoms with E-state index < -0.39 is 12.0 Å². The van der Waals surface area contributed by atoms with E-state index in [1.807, 2.05) is 60.9 Å². The van der Waals surface area contributed by atoms with Crippen molar-refractivity contribution in [3.8, 4) is 0 Å². The molecule has 2 heterocycles. The molecule has 0 aliphatic heterocycles. The van der Waals surface area contributed by atoms with Crippen molar-refractivity contribution < 1.29 is 14.7 Å². The van der Waals surface area contributed by atoms with Crippen molar-refractivity contribution in [2.45, 2.75) is 76.0 Å². The fraction of sp³-hybridized carbons (Fsp3) is 0.371. The summed E-state index contributed by atoms with van der Waals surface area (Å²) in [6, 6.07) is 19.3. The van der Waals surface area contributed by atoms with Crippen molar-refractivity contribution in [2.75, 3.05) is 6.54 Å². The van der Waals surface area contributed by atoms with Crippen LogP contribution in [-0.2, 0) is 24.2 Å². The average molecular weight is 578 g/mol. The van der Waals surface area contributed by atoms with Gasteiger partial charge in [0.1, 0.15) is 6.04 Å². The Balaban J connectivity index is 1.09. The molecule has 2 aliphatic rings. The first kappa shape index (κ1) is 29.0. The monoisotopic (exact) mass is 577 g/mol. The molecule has 0 spiro atoms. The number of pyridine rings is 2. The van der Waals surface area contributed by atoms with Crippen molar-refractivity contribution in [3.05, 3.63) is 107 Å². The lowest BCUT2D eigenvalue weighted by Crippen LogP contribution is -2.41. The van der Waals surface area contributed by atoms with Crippen LogP contribution >= 0.6 is 0 Å². The third kappa shape index (κ3) is 6.60. The molecule has 3 atom stereocenters. The van der Waals surface area contributed by atoms with E-state index in [2.05, 4.69) is 38.1 Å². The van der Waals surface area contributed by atoms with Gasteiger partial charge in [0, 0.05) is 30.5 Å². The van der Waals surface area contributed by atoms with Gasteiger partial charge in [-0.05, 0) is 104 Å². The average Bonchev–Trinajstić information content (AvgIpc) is 3.04. The van der Waals surface area contributed by atoms with Gasteiger partial charge in [-0.1, -0.05) is 42.5 Å². The molecule has 2 aromatic carbocycles. The number of rotatable bonds is 11. The highest BCUT2D eigenvalue weighted by atomic mass is 16.4. The number of carbonyl (C=O) groups excluding carboxylic acids is 1. The summed E-state index contributed by atoms with van der Waals surface area (Å²) >= 11 is 0. The maximum Gasteiger partial charge on any atom is 0.326 e. The molecule has 0 saturated heterocycles. The number of aromatic nitrogens is 2. The van der Waals surface area contributed by atoms with Gasteiger partial charge in [0.15, 0.2) is 0 Å². The highest BCUT2D eigenvalue weighted by molar-refractivity contribution is 6.08. The largest absolute Gasteiger partial charge is 0.480 e. The van der Waals surface area contributed by atoms with Gasteiger partial charge in [-0.3, -0.25) is 14.8 Å². The third-order valence-corrected chi connectivity index (χ3v) is 8.85. The molecule has 4 aromatic rings. The molecule has 4 N–H and O–H groups in total. The summed E-state index contributed by atoms with van der Waals surface area (Å²) in [5, 5.41) is 21.7. The Hall–Kier alpha value is -4.14. The van der Waals surface area contributed by atoms with Crippen LogP contribution in [0.1, 0.15) is 89.0 Å². The molecule has 0 saturated carbocycles. The minimum Gasteiger partial charge on any atom is -0.480 e. The van der Waals surface area contributed by atoms with Gasteiger partial charge >= 0.3 is 5.97 Å². The second-order valence-corrected chi connectivity index (χ2v) is 11.6. The van der Waals surface area contributed by atoms with Crippen molar-refractivity contribution in [3.63, 3.8) is 0 Å². The van der Waals surface area contributed by atoms with Crippen LogP contribution in [-0.4, -0.2) is 39.5 Å². The molecule has 0 radical (unpaired) electrons. The van der Waals surface area contributed by atoms with Gasteiger partial charge < -0.3 is 21.1 Å². The highest BCUT2D eigenvalue weighted by Gasteiger charge is 2.25. The van der Waals surface area contributed by atoms with E-state index in [0.717, 1.165) is 66.2 Å².